The van der Waals surface area contributed by atoms with Crippen molar-refractivity contribution in [2.24, 2.45) is 5.92 Å². The average molecular weight is 220 g/mol. The van der Waals surface area contributed by atoms with Crippen LogP contribution in [0.3, 0.4) is 0 Å². The molecule has 0 N–H and O–H groups in total. The van der Waals surface area contributed by atoms with Gasteiger partial charge < -0.3 is 9.64 Å². The molecule has 1 atom stereocenters. The molecule has 1 aliphatic heterocycles. The Morgan fingerprint density at radius 1 is 1.62 bits per heavy atom. The zero-order chi connectivity index (χ0) is 11.4. The van der Waals surface area contributed by atoms with Gasteiger partial charge in [0.25, 0.3) is 0 Å². The van der Waals surface area contributed by atoms with E-state index in [1.807, 2.05) is 18.3 Å². The number of ether oxygens (including phenoxy) is 1. The van der Waals surface area contributed by atoms with Crippen molar-refractivity contribution in [2.75, 3.05) is 25.1 Å². The quantitative estimate of drug-likeness (QED) is 0.708. The minimum atomic E-state index is -0.103. The summed E-state index contributed by atoms with van der Waals surface area (Å²) in [7, 11) is 1.45. The predicted octanol–water partition coefficient (Wildman–Crippen LogP) is 1.47. The molecule has 0 amide bonds. The van der Waals surface area contributed by atoms with Crippen LogP contribution in [0.4, 0.5) is 5.69 Å². The van der Waals surface area contributed by atoms with Gasteiger partial charge in [-0.3, -0.25) is 9.78 Å². The van der Waals surface area contributed by atoms with E-state index in [4.69, 9.17) is 4.74 Å². The highest BCUT2D eigenvalue weighted by atomic mass is 16.5. The van der Waals surface area contributed by atoms with E-state index in [1.165, 1.54) is 7.11 Å². The van der Waals surface area contributed by atoms with E-state index in [9.17, 15) is 4.79 Å². The van der Waals surface area contributed by atoms with Crippen LogP contribution < -0.4 is 4.90 Å². The molecule has 1 aromatic rings. The first-order chi connectivity index (χ1) is 7.81. The van der Waals surface area contributed by atoms with Crippen LogP contribution in [0.15, 0.2) is 24.5 Å². The van der Waals surface area contributed by atoms with Crippen LogP contribution >= 0.6 is 0 Å². The minimum absolute atomic E-state index is 0.000967. The number of anilines is 1. The maximum absolute atomic E-state index is 11.5. The molecule has 16 heavy (non-hydrogen) atoms. The number of pyridine rings is 1. The third-order valence-corrected chi connectivity index (χ3v) is 2.97. The van der Waals surface area contributed by atoms with E-state index >= 15 is 0 Å². The van der Waals surface area contributed by atoms with E-state index in [-0.39, 0.29) is 11.9 Å². The molecule has 0 aliphatic carbocycles. The second kappa shape index (κ2) is 4.96. The number of nitrogens with zero attached hydrogens (tertiary/aromatic N) is 2. The first kappa shape index (κ1) is 10.9. The molecule has 2 heterocycles. The highest BCUT2D eigenvalue weighted by Gasteiger charge is 2.26. The van der Waals surface area contributed by atoms with Crippen molar-refractivity contribution in [3.8, 4) is 0 Å². The summed E-state index contributed by atoms with van der Waals surface area (Å²) < 4.78 is 4.79. The molecule has 0 saturated carbocycles. The zero-order valence-corrected chi connectivity index (χ0v) is 9.43. The van der Waals surface area contributed by atoms with E-state index in [0.29, 0.717) is 0 Å². The number of methoxy groups -OCH3 is 1. The van der Waals surface area contributed by atoms with Crippen molar-refractivity contribution in [1.29, 1.82) is 0 Å². The Labute approximate surface area is 95.2 Å². The molecule has 0 unspecified atom stereocenters. The number of aromatic nitrogens is 1. The lowest BCUT2D eigenvalue weighted by atomic mass is 9.98. The maximum atomic E-state index is 11.5. The van der Waals surface area contributed by atoms with Gasteiger partial charge in [0, 0.05) is 19.3 Å². The second-order valence-corrected chi connectivity index (χ2v) is 4.02. The average Bonchev–Trinajstić information content (AvgIpc) is 2.39. The standard InChI is InChI=1S/C12H16N2O2/c1-16-12(15)10-4-3-7-14(9-10)11-5-2-6-13-8-11/h2,5-6,8,10H,3-4,7,9H2,1H3/t10-/m0/s1. The molecule has 1 aliphatic rings. The van der Waals surface area contributed by atoms with Crippen molar-refractivity contribution in [1.82, 2.24) is 4.98 Å². The predicted molar refractivity (Wildman–Crippen MR) is 61.2 cm³/mol. The summed E-state index contributed by atoms with van der Waals surface area (Å²) in [4.78, 5) is 17.8. The molecule has 0 aromatic carbocycles. The number of esters is 1. The summed E-state index contributed by atoms with van der Waals surface area (Å²) in [6, 6.07) is 3.93. The van der Waals surface area contributed by atoms with Crippen LogP contribution in [0, 0.1) is 5.92 Å². The fraction of sp³-hybridized carbons (Fsp3) is 0.500. The SMILES string of the molecule is COC(=O)[C@H]1CCCN(c2cccnc2)C1. The van der Waals surface area contributed by atoms with Gasteiger partial charge in [0.05, 0.1) is 24.9 Å². The summed E-state index contributed by atoms with van der Waals surface area (Å²) >= 11 is 0. The number of carbonyl (C=O) groups is 1. The van der Waals surface area contributed by atoms with Crippen molar-refractivity contribution >= 4 is 11.7 Å². The Kier molecular flexibility index (Phi) is 3.39. The van der Waals surface area contributed by atoms with Gasteiger partial charge in [0.15, 0.2) is 0 Å². The molecule has 0 spiro atoms. The smallest absolute Gasteiger partial charge is 0.310 e. The summed E-state index contributed by atoms with van der Waals surface area (Å²) in [5.41, 5.74) is 1.08. The molecule has 0 radical (unpaired) electrons. The maximum Gasteiger partial charge on any atom is 0.310 e. The molecule has 1 saturated heterocycles. The van der Waals surface area contributed by atoms with Crippen LogP contribution in [0.2, 0.25) is 0 Å². The second-order valence-electron chi connectivity index (χ2n) is 4.02. The lowest BCUT2D eigenvalue weighted by Crippen LogP contribution is -2.39. The third kappa shape index (κ3) is 2.32. The molecule has 4 nitrogen and oxygen atoms in total. The summed E-state index contributed by atoms with van der Waals surface area (Å²) in [5.74, 6) is -0.104. The van der Waals surface area contributed by atoms with Gasteiger partial charge in [-0.1, -0.05) is 0 Å². The number of rotatable bonds is 2. The minimum Gasteiger partial charge on any atom is -0.469 e. The Bertz CT molecular complexity index is 353. The van der Waals surface area contributed by atoms with Crippen LogP contribution in [0.5, 0.6) is 0 Å². The molecule has 2 rings (SSSR count). The fourth-order valence-electron chi connectivity index (χ4n) is 2.11. The number of carbonyl (C=O) groups excluding carboxylic acids is 1. The number of piperidine rings is 1. The van der Waals surface area contributed by atoms with Gasteiger partial charge in [0.1, 0.15) is 0 Å². The topological polar surface area (TPSA) is 42.4 Å². The molecular formula is C12H16N2O2. The normalized spacial score (nSPS) is 20.6. The molecule has 1 aromatic heterocycles. The molecular weight excluding hydrogens is 204 g/mol. The van der Waals surface area contributed by atoms with Crippen LogP contribution in [-0.2, 0) is 9.53 Å². The Hall–Kier alpha value is -1.58. The van der Waals surface area contributed by atoms with Gasteiger partial charge in [-0.2, -0.15) is 0 Å². The molecule has 1 fully saturated rings. The Morgan fingerprint density at radius 2 is 2.50 bits per heavy atom. The number of hydrogen-bond acceptors (Lipinski definition) is 4. The monoisotopic (exact) mass is 220 g/mol. The molecule has 86 valence electrons. The van der Waals surface area contributed by atoms with Crippen molar-refractivity contribution in [2.45, 2.75) is 12.8 Å². The highest BCUT2D eigenvalue weighted by Crippen LogP contribution is 2.22. The lowest BCUT2D eigenvalue weighted by Gasteiger charge is -2.32. The van der Waals surface area contributed by atoms with Gasteiger partial charge >= 0.3 is 5.97 Å². The fourth-order valence-corrected chi connectivity index (χ4v) is 2.11. The first-order valence-electron chi connectivity index (χ1n) is 5.54. The summed E-state index contributed by atoms with van der Waals surface area (Å²) in [6.45, 7) is 1.72. The van der Waals surface area contributed by atoms with E-state index in [0.717, 1.165) is 31.6 Å². The van der Waals surface area contributed by atoms with E-state index in [1.54, 1.807) is 6.20 Å². The van der Waals surface area contributed by atoms with E-state index < -0.39 is 0 Å². The van der Waals surface area contributed by atoms with E-state index in [2.05, 4.69) is 9.88 Å². The van der Waals surface area contributed by atoms with Crippen LogP contribution in [-0.4, -0.2) is 31.2 Å². The van der Waals surface area contributed by atoms with Crippen LogP contribution in [0.1, 0.15) is 12.8 Å². The van der Waals surface area contributed by atoms with Crippen molar-refractivity contribution in [3.05, 3.63) is 24.5 Å². The summed E-state index contributed by atoms with van der Waals surface area (Å²) in [5, 5.41) is 0. The zero-order valence-electron chi connectivity index (χ0n) is 9.43. The van der Waals surface area contributed by atoms with Gasteiger partial charge in [0.2, 0.25) is 0 Å². The van der Waals surface area contributed by atoms with Crippen LogP contribution in [0.25, 0.3) is 0 Å². The van der Waals surface area contributed by atoms with Gasteiger partial charge in [-0.15, -0.1) is 0 Å². The Balaban J connectivity index is 2.05. The molecule has 4 heteroatoms. The Morgan fingerprint density at radius 3 is 3.19 bits per heavy atom. The summed E-state index contributed by atoms with van der Waals surface area (Å²) in [6.07, 6.45) is 5.53. The van der Waals surface area contributed by atoms with Gasteiger partial charge in [-0.05, 0) is 25.0 Å². The van der Waals surface area contributed by atoms with Gasteiger partial charge in [-0.25, -0.2) is 0 Å². The van der Waals surface area contributed by atoms with Crippen molar-refractivity contribution < 1.29 is 9.53 Å². The third-order valence-electron chi connectivity index (χ3n) is 2.97. The van der Waals surface area contributed by atoms with Crippen molar-refractivity contribution in [3.63, 3.8) is 0 Å². The highest BCUT2D eigenvalue weighted by molar-refractivity contribution is 5.73. The lowest BCUT2D eigenvalue weighted by molar-refractivity contribution is -0.145. The first-order valence-corrected chi connectivity index (χ1v) is 5.54. The molecule has 0 bridgehead atoms. The number of hydrogen-bond donors (Lipinski definition) is 0. The largest absolute Gasteiger partial charge is 0.469 e.